The maximum Gasteiger partial charge on any atom is 0.313 e. The molecule has 0 aliphatic carbocycles. The minimum Gasteiger partial charge on any atom is -0.347 e. The molecule has 6 heteroatoms. The van der Waals surface area contributed by atoms with E-state index in [2.05, 4.69) is 34.7 Å². The topological polar surface area (TPSA) is 71.1 Å². The number of benzene rings is 3. The summed E-state index contributed by atoms with van der Waals surface area (Å²) in [5.74, 6) is -1.32. The molecule has 2 N–H and O–H groups in total. The predicted molar refractivity (Wildman–Crippen MR) is 122 cm³/mol. The first-order valence-corrected chi connectivity index (χ1v) is 10.5. The van der Waals surface area contributed by atoms with Crippen LogP contribution in [0.1, 0.15) is 11.1 Å². The Morgan fingerprint density at radius 2 is 1.70 bits per heavy atom. The Bertz CT molecular complexity index is 1180. The highest BCUT2D eigenvalue weighted by Gasteiger charge is 2.13. The van der Waals surface area contributed by atoms with E-state index in [0.29, 0.717) is 18.7 Å². The number of carbonyl (C=O) groups is 2. The minimum absolute atomic E-state index is 0.409. The first kappa shape index (κ1) is 19.8. The van der Waals surface area contributed by atoms with Gasteiger partial charge in [-0.3, -0.25) is 9.59 Å². The molecule has 4 rings (SSSR count). The molecular formula is C24H21N3O2S. The monoisotopic (exact) mass is 415 g/mol. The molecule has 0 bridgehead atoms. The Hall–Kier alpha value is -3.51. The molecule has 0 unspecified atom stereocenters. The minimum atomic E-state index is -0.675. The van der Waals surface area contributed by atoms with E-state index >= 15 is 0 Å². The second-order valence-electron chi connectivity index (χ2n) is 7.01. The van der Waals surface area contributed by atoms with Gasteiger partial charge in [-0.25, -0.2) is 4.98 Å². The average Bonchev–Trinajstić information content (AvgIpc) is 3.18. The van der Waals surface area contributed by atoms with Crippen LogP contribution in [0.4, 0.5) is 5.69 Å². The Balaban J connectivity index is 1.34. The van der Waals surface area contributed by atoms with E-state index in [4.69, 9.17) is 0 Å². The molecule has 0 saturated carbocycles. The highest BCUT2D eigenvalue weighted by Crippen LogP contribution is 2.31. The number of amides is 2. The van der Waals surface area contributed by atoms with E-state index in [1.807, 2.05) is 48.5 Å². The average molecular weight is 416 g/mol. The van der Waals surface area contributed by atoms with E-state index in [1.54, 1.807) is 23.5 Å². The number of anilines is 1. The fourth-order valence-corrected chi connectivity index (χ4v) is 4.15. The second kappa shape index (κ2) is 8.88. The Kier molecular flexibility index (Phi) is 5.86. The molecule has 1 heterocycles. The van der Waals surface area contributed by atoms with Gasteiger partial charge in [0.15, 0.2) is 0 Å². The lowest BCUT2D eigenvalue weighted by Crippen LogP contribution is -2.36. The van der Waals surface area contributed by atoms with E-state index in [0.717, 1.165) is 26.4 Å². The number of aryl methyl sites for hydroxylation is 1. The van der Waals surface area contributed by atoms with Crippen molar-refractivity contribution >= 4 is 39.1 Å². The number of carbonyl (C=O) groups excluding carboxylic acids is 2. The quantitative estimate of drug-likeness (QED) is 0.469. The van der Waals surface area contributed by atoms with Crippen LogP contribution in [0.15, 0.2) is 72.8 Å². The van der Waals surface area contributed by atoms with Crippen molar-refractivity contribution in [2.45, 2.75) is 13.3 Å². The van der Waals surface area contributed by atoms with Gasteiger partial charge in [-0.15, -0.1) is 11.3 Å². The molecule has 0 radical (unpaired) electrons. The maximum absolute atomic E-state index is 12.1. The molecule has 4 aromatic rings. The molecule has 5 nitrogen and oxygen atoms in total. The number of nitrogens with zero attached hydrogens (tertiary/aromatic N) is 1. The van der Waals surface area contributed by atoms with Crippen LogP contribution in [0.5, 0.6) is 0 Å². The number of fused-ring (bicyclic) bond motifs is 1. The fraction of sp³-hybridized carbons (Fsp3) is 0.125. The zero-order chi connectivity index (χ0) is 20.9. The van der Waals surface area contributed by atoms with Crippen molar-refractivity contribution in [3.8, 4) is 10.6 Å². The molecule has 30 heavy (non-hydrogen) atoms. The van der Waals surface area contributed by atoms with Crippen LogP contribution >= 0.6 is 11.3 Å². The van der Waals surface area contributed by atoms with Gasteiger partial charge < -0.3 is 10.6 Å². The van der Waals surface area contributed by atoms with Crippen molar-refractivity contribution < 1.29 is 9.59 Å². The third kappa shape index (κ3) is 4.72. The molecule has 150 valence electrons. The fourth-order valence-electron chi connectivity index (χ4n) is 3.08. The largest absolute Gasteiger partial charge is 0.347 e. The van der Waals surface area contributed by atoms with Gasteiger partial charge in [0.25, 0.3) is 0 Å². The lowest BCUT2D eigenvalue weighted by atomic mass is 10.1. The summed E-state index contributed by atoms with van der Waals surface area (Å²) in [6.45, 7) is 2.47. The predicted octanol–water partition coefficient (Wildman–Crippen LogP) is 4.57. The van der Waals surface area contributed by atoms with Gasteiger partial charge in [0, 0.05) is 17.8 Å². The van der Waals surface area contributed by atoms with Gasteiger partial charge in [-0.05, 0) is 60.9 Å². The highest BCUT2D eigenvalue weighted by atomic mass is 32.1. The second-order valence-corrected chi connectivity index (χ2v) is 8.04. The molecule has 1 aromatic heterocycles. The van der Waals surface area contributed by atoms with Crippen LogP contribution in [-0.2, 0) is 16.0 Å². The highest BCUT2D eigenvalue weighted by molar-refractivity contribution is 7.21. The third-order valence-corrected chi connectivity index (χ3v) is 5.75. The number of thiazole rings is 1. The summed E-state index contributed by atoms with van der Waals surface area (Å²) < 4.78 is 1.15. The summed E-state index contributed by atoms with van der Waals surface area (Å²) in [6, 6.07) is 23.4. The van der Waals surface area contributed by atoms with Crippen molar-refractivity contribution in [2.24, 2.45) is 0 Å². The van der Waals surface area contributed by atoms with E-state index in [-0.39, 0.29) is 0 Å². The van der Waals surface area contributed by atoms with E-state index < -0.39 is 11.8 Å². The molecule has 3 aromatic carbocycles. The van der Waals surface area contributed by atoms with Crippen LogP contribution in [0.3, 0.4) is 0 Å². The summed E-state index contributed by atoms with van der Waals surface area (Å²) in [4.78, 5) is 28.8. The molecule has 0 aliphatic heterocycles. The van der Waals surface area contributed by atoms with Crippen molar-refractivity contribution in [3.63, 3.8) is 0 Å². The zero-order valence-corrected chi connectivity index (χ0v) is 17.3. The number of aromatic nitrogens is 1. The Morgan fingerprint density at radius 1 is 0.933 bits per heavy atom. The molecule has 0 spiro atoms. The standard InChI is InChI=1S/C24H21N3O2S/c1-16-7-12-20-21(15-16)30-24(27-20)18-8-10-19(11-9-18)26-23(29)22(28)25-14-13-17-5-3-2-4-6-17/h2-12,15H,13-14H2,1H3,(H,25,28)(H,26,29). The lowest BCUT2D eigenvalue weighted by molar-refractivity contribution is -0.136. The number of rotatable bonds is 5. The van der Waals surface area contributed by atoms with Crippen molar-refractivity contribution in [1.82, 2.24) is 10.3 Å². The van der Waals surface area contributed by atoms with Crippen molar-refractivity contribution in [3.05, 3.63) is 83.9 Å². The molecule has 0 saturated heterocycles. The Morgan fingerprint density at radius 3 is 2.47 bits per heavy atom. The van der Waals surface area contributed by atoms with Crippen LogP contribution < -0.4 is 10.6 Å². The molecular weight excluding hydrogens is 394 g/mol. The van der Waals surface area contributed by atoms with Crippen molar-refractivity contribution in [1.29, 1.82) is 0 Å². The van der Waals surface area contributed by atoms with Gasteiger partial charge in [-0.2, -0.15) is 0 Å². The summed E-state index contributed by atoms with van der Waals surface area (Å²) in [5.41, 5.74) is 4.83. The normalized spacial score (nSPS) is 10.7. The summed E-state index contributed by atoms with van der Waals surface area (Å²) in [7, 11) is 0. The van der Waals surface area contributed by atoms with Crippen LogP contribution in [0, 0.1) is 6.92 Å². The molecule has 0 fully saturated rings. The van der Waals surface area contributed by atoms with Gasteiger partial charge in [0.1, 0.15) is 5.01 Å². The maximum atomic E-state index is 12.1. The van der Waals surface area contributed by atoms with Crippen molar-refractivity contribution in [2.75, 3.05) is 11.9 Å². The lowest BCUT2D eigenvalue weighted by Gasteiger charge is -2.07. The van der Waals surface area contributed by atoms with Crippen LogP contribution in [0.2, 0.25) is 0 Å². The smallest absolute Gasteiger partial charge is 0.313 e. The number of hydrogen-bond donors (Lipinski definition) is 2. The van der Waals surface area contributed by atoms with Crippen LogP contribution in [0.25, 0.3) is 20.8 Å². The van der Waals surface area contributed by atoms with Gasteiger partial charge >= 0.3 is 11.8 Å². The SMILES string of the molecule is Cc1ccc2nc(-c3ccc(NC(=O)C(=O)NCCc4ccccc4)cc3)sc2c1. The molecule has 2 amide bonds. The Labute approximate surface area is 178 Å². The zero-order valence-electron chi connectivity index (χ0n) is 16.5. The molecule has 0 atom stereocenters. The summed E-state index contributed by atoms with van der Waals surface area (Å²) in [6.07, 6.45) is 0.677. The van der Waals surface area contributed by atoms with Gasteiger partial charge in [0.05, 0.1) is 10.2 Å². The van der Waals surface area contributed by atoms with Crippen LogP contribution in [-0.4, -0.2) is 23.3 Å². The summed E-state index contributed by atoms with van der Waals surface area (Å²) >= 11 is 1.63. The van der Waals surface area contributed by atoms with Gasteiger partial charge in [-0.1, -0.05) is 36.4 Å². The molecule has 0 aliphatic rings. The third-order valence-electron chi connectivity index (χ3n) is 4.68. The van der Waals surface area contributed by atoms with Gasteiger partial charge in [0.2, 0.25) is 0 Å². The van der Waals surface area contributed by atoms with E-state index in [9.17, 15) is 9.59 Å². The summed E-state index contributed by atoms with van der Waals surface area (Å²) in [5, 5.41) is 6.21. The number of nitrogens with one attached hydrogen (secondary N) is 2. The van der Waals surface area contributed by atoms with E-state index in [1.165, 1.54) is 5.56 Å². The first-order valence-electron chi connectivity index (χ1n) is 9.69. The first-order chi connectivity index (χ1) is 14.6. The number of hydrogen-bond acceptors (Lipinski definition) is 4.